The van der Waals surface area contributed by atoms with Crippen LogP contribution >= 0.6 is 40.2 Å². The monoisotopic (exact) mass is 505 g/mol. The Kier molecular flexibility index (Phi) is 7.02. The Bertz CT molecular complexity index is 1190. The number of halogens is 3. The molecule has 0 bridgehead atoms. The minimum Gasteiger partial charge on any atom is -0.439 e. The van der Waals surface area contributed by atoms with Crippen LogP contribution in [0, 0.1) is 0 Å². The van der Waals surface area contributed by atoms with Crippen LogP contribution < -0.4 is 10.1 Å². The molecule has 0 amide bonds. The predicted molar refractivity (Wildman–Crippen MR) is 127 cm³/mol. The number of hydrogen-bond donors (Lipinski definition) is 1. The number of carbonyl (C=O) groups is 1. The van der Waals surface area contributed by atoms with Crippen molar-refractivity contribution in [2.24, 2.45) is 7.05 Å². The number of pyridine rings is 1. The van der Waals surface area contributed by atoms with Gasteiger partial charge in [0, 0.05) is 30.6 Å². The van der Waals surface area contributed by atoms with E-state index in [0.717, 1.165) is 28.4 Å². The molecule has 0 unspecified atom stereocenters. The van der Waals surface area contributed by atoms with Gasteiger partial charge in [-0.1, -0.05) is 29.3 Å². The molecule has 2 heterocycles. The normalized spacial score (nSPS) is 10.5. The summed E-state index contributed by atoms with van der Waals surface area (Å²) in [6.45, 7) is 0.600. The van der Waals surface area contributed by atoms with Crippen molar-refractivity contribution in [2.75, 3.05) is 5.32 Å². The van der Waals surface area contributed by atoms with Crippen molar-refractivity contribution in [1.29, 1.82) is 0 Å². The molecule has 0 saturated carbocycles. The van der Waals surface area contributed by atoms with Crippen molar-refractivity contribution in [3.05, 3.63) is 82.1 Å². The van der Waals surface area contributed by atoms with Crippen molar-refractivity contribution < 1.29 is 9.53 Å². The molecule has 5 nitrogen and oxygen atoms in total. The second kappa shape index (κ2) is 9.51. The number of anilines is 1. The van der Waals surface area contributed by atoms with E-state index in [1.807, 2.05) is 54.1 Å². The third-order valence-corrected chi connectivity index (χ3v) is 5.35. The molecule has 0 radical (unpaired) electrons. The fraction of sp³-hybridized carbons (Fsp3) is 0.0909. The van der Waals surface area contributed by atoms with Crippen LogP contribution in [0.4, 0.5) is 5.69 Å². The number of carbonyl (C=O) groups excluding carboxylic acids is 1. The molecule has 0 saturated heterocycles. The number of aldehydes is 1. The highest BCUT2D eigenvalue weighted by atomic mass is 79.9. The number of fused-ring (bicyclic) bond motifs is 1. The Morgan fingerprint density at radius 2 is 1.90 bits per heavy atom. The van der Waals surface area contributed by atoms with Crippen LogP contribution in [-0.4, -0.2) is 15.8 Å². The Balaban J connectivity index is 0.00000256. The quantitative estimate of drug-likeness (QED) is 0.296. The number of aryl methyl sites for hydroxylation is 1. The number of benzene rings is 2. The largest absolute Gasteiger partial charge is 0.439 e. The van der Waals surface area contributed by atoms with Gasteiger partial charge in [-0.05, 0) is 48.0 Å². The van der Waals surface area contributed by atoms with Crippen molar-refractivity contribution in [3.63, 3.8) is 0 Å². The standard InChI is InChI=1S/C22H17Cl2N3O2.BrH/c1-27-17(13-28)9-15-10-18(4-6-21(15)27)29-22-7-3-16(12-26-22)25-11-14-2-5-19(23)20(24)8-14;/h2-10,12-13,25H,11H2,1H3;1H. The van der Waals surface area contributed by atoms with Crippen molar-refractivity contribution in [3.8, 4) is 11.6 Å². The van der Waals surface area contributed by atoms with Crippen molar-refractivity contribution >= 4 is 63.1 Å². The lowest BCUT2D eigenvalue weighted by atomic mass is 10.2. The first-order valence-corrected chi connectivity index (χ1v) is 9.65. The van der Waals surface area contributed by atoms with Gasteiger partial charge in [0.2, 0.25) is 5.88 Å². The van der Waals surface area contributed by atoms with Crippen LogP contribution in [0.5, 0.6) is 11.6 Å². The number of nitrogens with zero attached hydrogens (tertiary/aromatic N) is 2. The number of rotatable bonds is 6. The lowest BCUT2D eigenvalue weighted by molar-refractivity contribution is 0.111. The Labute approximate surface area is 194 Å². The summed E-state index contributed by atoms with van der Waals surface area (Å²) in [5.41, 5.74) is 3.46. The first-order valence-electron chi connectivity index (χ1n) is 8.90. The maximum atomic E-state index is 11.1. The summed E-state index contributed by atoms with van der Waals surface area (Å²) in [6, 6.07) is 16.7. The van der Waals surface area contributed by atoms with E-state index >= 15 is 0 Å². The van der Waals surface area contributed by atoms with Crippen LogP contribution in [0.15, 0.2) is 60.8 Å². The second-order valence-corrected chi connectivity index (χ2v) is 7.37. The molecule has 0 atom stereocenters. The molecule has 2 aromatic carbocycles. The zero-order valence-corrected chi connectivity index (χ0v) is 19.2. The summed E-state index contributed by atoms with van der Waals surface area (Å²) in [5, 5.41) is 5.29. The molecule has 154 valence electrons. The van der Waals surface area contributed by atoms with E-state index in [4.69, 9.17) is 27.9 Å². The van der Waals surface area contributed by atoms with E-state index in [1.54, 1.807) is 18.3 Å². The summed E-state index contributed by atoms with van der Waals surface area (Å²) in [7, 11) is 1.86. The highest BCUT2D eigenvalue weighted by molar-refractivity contribution is 8.93. The molecule has 1 N–H and O–H groups in total. The maximum Gasteiger partial charge on any atom is 0.219 e. The predicted octanol–water partition coefficient (Wildman–Crippen LogP) is 6.67. The van der Waals surface area contributed by atoms with Gasteiger partial charge < -0.3 is 14.6 Å². The second-order valence-electron chi connectivity index (χ2n) is 6.56. The van der Waals surface area contributed by atoms with Gasteiger partial charge in [-0.3, -0.25) is 4.79 Å². The highest BCUT2D eigenvalue weighted by Crippen LogP contribution is 2.27. The summed E-state index contributed by atoms with van der Waals surface area (Å²) in [6.07, 6.45) is 2.55. The molecule has 0 fully saturated rings. The van der Waals surface area contributed by atoms with E-state index in [-0.39, 0.29) is 17.0 Å². The third kappa shape index (κ3) is 4.78. The van der Waals surface area contributed by atoms with Crippen LogP contribution in [-0.2, 0) is 13.6 Å². The lowest BCUT2D eigenvalue weighted by Crippen LogP contribution is -2.00. The molecule has 30 heavy (non-hydrogen) atoms. The SMILES string of the molecule is Br.Cn1c(C=O)cc2cc(Oc3ccc(NCc4ccc(Cl)c(Cl)c4)cn3)ccc21. The van der Waals surface area contributed by atoms with Crippen LogP contribution in [0.2, 0.25) is 10.0 Å². The number of ether oxygens (including phenoxy) is 1. The third-order valence-electron chi connectivity index (χ3n) is 4.61. The van der Waals surface area contributed by atoms with Gasteiger partial charge in [0.05, 0.1) is 27.6 Å². The van der Waals surface area contributed by atoms with E-state index < -0.39 is 0 Å². The Hall–Kier alpha value is -2.54. The van der Waals surface area contributed by atoms with Crippen molar-refractivity contribution in [2.45, 2.75) is 6.54 Å². The van der Waals surface area contributed by atoms with Gasteiger partial charge in [-0.25, -0.2) is 4.98 Å². The smallest absolute Gasteiger partial charge is 0.219 e. The fourth-order valence-electron chi connectivity index (χ4n) is 3.05. The molecule has 0 spiro atoms. The number of hydrogen-bond acceptors (Lipinski definition) is 4. The van der Waals surface area contributed by atoms with Crippen molar-refractivity contribution in [1.82, 2.24) is 9.55 Å². The van der Waals surface area contributed by atoms with E-state index in [2.05, 4.69) is 10.3 Å². The molecule has 8 heteroatoms. The molecule has 0 aliphatic carbocycles. The van der Waals surface area contributed by atoms with Gasteiger partial charge in [-0.15, -0.1) is 17.0 Å². The number of aromatic nitrogens is 2. The first-order chi connectivity index (χ1) is 14.0. The van der Waals surface area contributed by atoms with Gasteiger partial charge >= 0.3 is 0 Å². The van der Waals surface area contributed by atoms with Gasteiger partial charge in [0.1, 0.15) is 5.75 Å². The van der Waals surface area contributed by atoms with Crippen LogP contribution in [0.25, 0.3) is 10.9 Å². The van der Waals surface area contributed by atoms with Crippen LogP contribution in [0.3, 0.4) is 0 Å². The van der Waals surface area contributed by atoms with E-state index in [9.17, 15) is 4.79 Å². The average Bonchev–Trinajstić information content (AvgIpc) is 3.05. The van der Waals surface area contributed by atoms with E-state index in [1.165, 1.54) is 0 Å². The molecule has 0 aliphatic rings. The minimum absolute atomic E-state index is 0. The molecule has 2 aromatic heterocycles. The minimum atomic E-state index is 0. The Morgan fingerprint density at radius 3 is 2.60 bits per heavy atom. The zero-order chi connectivity index (χ0) is 20.4. The average molecular weight is 507 g/mol. The lowest BCUT2D eigenvalue weighted by Gasteiger charge is -2.09. The molecule has 4 rings (SSSR count). The summed E-state index contributed by atoms with van der Waals surface area (Å²) < 4.78 is 7.69. The summed E-state index contributed by atoms with van der Waals surface area (Å²) >= 11 is 12.0. The fourth-order valence-corrected chi connectivity index (χ4v) is 3.37. The van der Waals surface area contributed by atoms with Gasteiger partial charge in [0.15, 0.2) is 6.29 Å². The first kappa shape index (κ1) is 22.2. The van der Waals surface area contributed by atoms with Crippen LogP contribution in [0.1, 0.15) is 16.1 Å². The zero-order valence-electron chi connectivity index (χ0n) is 15.9. The molecule has 4 aromatic rings. The van der Waals surface area contributed by atoms with Gasteiger partial charge in [0.25, 0.3) is 0 Å². The summed E-state index contributed by atoms with van der Waals surface area (Å²) in [4.78, 5) is 15.4. The Morgan fingerprint density at radius 1 is 1.07 bits per heavy atom. The maximum absolute atomic E-state index is 11.1. The van der Waals surface area contributed by atoms with E-state index in [0.29, 0.717) is 33.9 Å². The molecule has 0 aliphatic heterocycles. The molecular formula is C22H18BrCl2N3O2. The summed E-state index contributed by atoms with van der Waals surface area (Å²) in [5.74, 6) is 1.14. The number of nitrogens with one attached hydrogen (secondary N) is 1. The highest BCUT2D eigenvalue weighted by Gasteiger charge is 2.07. The molecular weight excluding hydrogens is 489 g/mol. The van der Waals surface area contributed by atoms with Gasteiger partial charge in [-0.2, -0.15) is 0 Å². The topological polar surface area (TPSA) is 56.1 Å².